The van der Waals surface area contributed by atoms with Crippen molar-refractivity contribution in [2.75, 3.05) is 32.8 Å². The van der Waals surface area contributed by atoms with Gasteiger partial charge in [0, 0.05) is 38.1 Å². The number of piperazine rings is 1. The third-order valence-corrected chi connectivity index (χ3v) is 6.19. The van der Waals surface area contributed by atoms with E-state index in [0.717, 1.165) is 19.5 Å². The van der Waals surface area contributed by atoms with Crippen LogP contribution in [0.2, 0.25) is 0 Å². The topological polar surface area (TPSA) is 53.0 Å². The number of amides is 1. The van der Waals surface area contributed by atoms with Gasteiger partial charge in [-0.15, -0.1) is 0 Å². The van der Waals surface area contributed by atoms with Crippen molar-refractivity contribution in [3.8, 4) is 11.1 Å². The molecule has 27 heavy (non-hydrogen) atoms. The Hall–Kier alpha value is -2.37. The second-order valence-electron chi connectivity index (χ2n) is 7.79. The van der Waals surface area contributed by atoms with Crippen LogP contribution < -0.4 is 0 Å². The van der Waals surface area contributed by atoms with Crippen LogP contribution >= 0.6 is 0 Å². The molecule has 0 spiro atoms. The van der Waals surface area contributed by atoms with Gasteiger partial charge in [-0.2, -0.15) is 0 Å². The molecule has 5 rings (SSSR count). The largest absolute Gasteiger partial charge is 0.448 e. The molecular formula is C22H24N2O3. The van der Waals surface area contributed by atoms with Gasteiger partial charge in [0.2, 0.25) is 0 Å². The van der Waals surface area contributed by atoms with Gasteiger partial charge in [-0.05, 0) is 28.7 Å². The fraction of sp³-hybridized carbons (Fsp3) is 0.409. The van der Waals surface area contributed by atoms with Crippen molar-refractivity contribution < 1.29 is 14.6 Å². The van der Waals surface area contributed by atoms with Crippen LogP contribution in [0.4, 0.5) is 4.79 Å². The number of benzene rings is 2. The van der Waals surface area contributed by atoms with Gasteiger partial charge in [-0.1, -0.05) is 48.5 Å². The van der Waals surface area contributed by atoms with Crippen molar-refractivity contribution in [1.29, 1.82) is 0 Å². The number of nitrogens with zero attached hydrogens (tertiary/aromatic N) is 2. The number of aliphatic hydroxyl groups is 1. The Labute approximate surface area is 159 Å². The zero-order valence-corrected chi connectivity index (χ0v) is 15.3. The predicted octanol–water partition coefficient (Wildman–Crippen LogP) is 2.69. The average Bonchev–Trinajstić information content (AvgIpc) is 3.22. The third-order valence-electron chi connectivity index (χ3n) is 6.19. The molecule has 5 nitrogen and oxygen atoms in total. The highest BCUT2D eigenvalue weighted by Gasteiger charge is 2.37. The molecule has 2 fully saturated rings. The summed E-state index contributed by atoms with van der Waals surface area (Å²) in [4.78, 5) is 16.7. The van der Waals surface area contributed by atoms with Crippen molar-refractivity contribution in [2.45, 2.75) is 24.5 Å². The Morgan fingerprint density at radius 2 is 1.67 bits per heavy atom. The summed E-state index contributed by atoms with van der Waals surface area (Å²) < 4.78 is 5.76. The summed E-state index contributed by atoms with van der Waals surface area (Å²) in [6.45, 7) is 3.21. The van der Waals surface area contributed by atoms with E-state index >= 15 is 0 Å². The van der Waals surface area contributed by atoms with Crippen LogP contribution in [0.1, 0.15) is 23.5 Å². The van der Waals surface area contributed by atoms with E-state index in [-0.39, 0.29) is 24.2 Å². The molecule has 2 heterocycles. The fourth-order valence-electron chi connectivity index (χ4n) is 4.87. The molecule has 2 aliphatic heterocycles. The lowest BCUT2D eigenvalue weighted by molar-refractivity contribution is 0.0626. The van der Waals surface area contributed by atoms with Gasteiger partial charge < -0.3 is 14.7 Å². The molecule has 1 N–H and O–H groups in total. The number of carbonyl (C=O) groups excluding carboxylic acids is 1. The Morgan fingerprint density at radius 1 is 1.00 bits per heavy atom. The van der Waals surface area contributed by atoms with E-state index in [1.807, 2.05) is 12.1 Å². The molecule has 2 atom stereocenters. The summed E-state index contributed by atoms with van der Waals surface area (Å²) in [5.74, 6) is 0.0935. The quantitative estimate of drug-likeness (QED) is 0.890. The van der Waals surface area contributed by atoms with E-state index < -0.39 is 0 Å². The number of rotatable bonds is 2. The number of hydrogen-bond acceptors (Lipinski definition) is 4. The smallest absolute Gasteiger partial charge is 0.409 e. The Bertz CT molecular complexity index is 823. The lowest BCUT2D eigenvalue weighted by Crippen LogP contribution is -2.52. The van der Waals surface area contributed by atoms with E-state index in [0.29, 0.717) is 19.7 Å². The maximum Gasteiger partial charge on any atom is 0.409 e. The molecule has 2 saturated heterocycles. The molecule has 0 radical (unpaired) electrons. The fourth-order valence-corrected chi connectivity index (χ4v) is 4.87. The summed E-state index contributed by atoms with van der Waals surface area (Å²) in [6, 6.07) is 17.0. The summed E-state index contributed by atoms with van der Waals surface area (Å²) in [6.07, 6.45) is 0.239. The molecule has 0 unspecified atom stereocenters. The second kappa shape index (κ2) is 6.66. The molecular weight excluding hydrogens is 340 g/mol. The molecule has 2 aromatic carbocycles. The van der Waals surface area contributed by atoms with Gasteiger partial charge in [-0.3, -0.25) is 4.90 Å². The summed E-state index contributed by atoms with van der Waals surface area (Å²) in [5, 5.41) is 9.84. The van der Waals surface area contributed by atoms with Crippen molar-refractivity contribution in [3.63, 3.8) is 0 Å². The first kappa shape index (κ1) is 16.8. The number of carbonyl (C=O) groups is 1. The standard InChI is InChI=1S/C22H24N2O3/c25-16-11-15-12-24(10-9-23(15)13-16)22(26)27-14-21-19-7-3-1-5-17(19)18-6-2-4-8-20(18)21/h1-8,15-16,21,25H,9-14H2/t15-,16+/m0/s1. The average molecular weight is 364 g/mol. The summed E-state index contributed by atoms with van der Waals surface area (Å²) in [7, 11) is 0. The zero-order valence-electron chi connectivity index (χ0n) is 15.3. The van der Waals surface area contributed by atoms with Crippen molar-refractivity contribution >= 4 is 6.09 Å². The molecule has 140 valence electrons. The maximum absolute atomic E-state index is 12.7. The van der Waals surface area contributed by atoms with Crippen LogP contribution in [-0.2, 0) is 4.74 Å². The van der Waals surface area contributed by atoms with Gasteiger partial charge in [0.05, 0.1) is 6.10 Å². The summed E-state index contributed by atoms with van der Waals surface area (Å²) in [5.41, 5.74) is 4.94. The van der Waals surface area contributed by atoms with Gasteiger partial charge >= 0.3 is 6.09 Å². The molecule has 1 amide bonds. The second-order valence-corrected chi connectivity index (χ2v) is 7.79. The highest BCUT2D eigenvalue weighted by Crippen LogP contribution is 2.44. The minimum Gasteiger partial charge on any atom is -0.448 e. The molecule has 3 aliphatic rings. The molecule has 0 bridgehead atoms. The Morgan fingerprint density at radius 3 is 2.37 bits per heavy atom. The normalized spacial score (nSPS) is 24.4. The number of fused-ring (bicyclic) bond motifs is 4. The predicted molar refractivity (Wildman–Crippen MR) is 103 cm³/mol. The lowest BCUT2D eigenvalue weighted by atomic mass is 9.98. The van der Waals surface area contributed by atoms with E-state index in [9.17, 15) is 9.90 Å². The van der Waals surface area contributed by atoms with Crippen LogP contribution in [0, 0.1) is 0 Å². The SMILES string of the molecule is O=C(OCC1c2ccccc2-c2ccccc21)N1CCN2C[C@H](O)C[C@H]2C1. The van der Waals surface area contributed by atoms with Gasteiger partial charge in [-0.25, -0.2) is 4.79 Å². The molecule has 1 aliphatic carbocycles. The number of ether oxygens (including phenoxy) is 1. The van der Waals surface area contributed by atoms with Crippen LogP contribution in [0.5, 0.6) is 0 Å². The van der Waals surface area contributed by atoms with Crippen molar-refractivity contribution in [3.05, 3.63) is 59.7 Å². The molecule has 0 saturated carbocycles. The number of hydrogen-bond donors (Lipinski definition) is 1. The highest BCUT2D eigenvalue weighted by molar-refractivity contribution is 5.79. The first-order valence-electron chi connectivity index (χ1n) is 9.73. The van der Waals surface area contributed by atoms with Crippen LogP contribution in [0.3, 0.4) is 0 Å². The van der Waals surface area contributed by atoms with Gasteiger partial charge in [0.1, 0.15) is 6.61 Å². The van der Waals surface area contributed by atoms with Crippen LogP contribution in [0.15, 0.2) is 48.5 Å². The number of aliphatic hydroxyl groups excluding tert-OH is 1. The third kappa shape index (κ3) is 2.91. The zero-order chi connectivity index (χ0) is 18.4. The van der Waals surface area contributed by atoms with Gasteiger partial charge in [0.15, 0.2) is 0 Å². The first-order chi connectivity index (χ1) is 13.2. The highest BCUT2D eigenvalue weighted by atomic mass is 16.6. The summed E-state index contributed by atoms with van der Waals surface area (Å²) >= 11 is 0. The Balaban J connectivity index is 1.28. The first-order valence-corrected chi connectivity index (χ1v) is 9.73. The monoisotopic (exact) mass is 364 g/mol. The van der Waals surface area contributed by atoms with Crippen molar-refractivity contribution in [1.82, 2.24) is 9.80 Å². The molecule has 0 aromatic heterocycles. The molecule has 5 heteroatoms. The van der Waals surface area contributed by atoms with Crippen molar-refractivity contribution in [2.24, 2.45) is 0 Å². The lowest BCUT2D eigenvalue weighted by Gasteiger charge is -2.36. The van der Waals surface area contributed by atoms with Gasteiger partial charge in [0.25, 0.3) is 0 Å². The maximum atomic E-state index is 12.7. The van der Waals surface area contributed by atoms with E-state index in [1.165, 1.54) is 22.3 Å². The van der Waals surface area contributed by atoms with Crippen LogP contribution in [0.25, 0.3) is 11.1 Å². The molecule has 2 aromatic rings. The van der Waals surface area contributed by atoms with E-state index in [4.69, 9.17) is 4.74 Å². The van der Waals surface area contributed by atoms with Crippen LogP contribution in [-0.4, -0.2) is 65.9 Å². The minimum atomic E-state index is -0.266. The minimum absolute atomic E-state index is 0.0935. The van der Waals surface area contributed by atoms with E-state index in [1.54, 1.807) is 4.90 Å². The van der Waals surface area contributed by atoms with E-state index in [2.05, 4.69) is 41.3 Å². The Kier molecular flexibility index (Phi) is 4.14.